The molecule has 2 amide bonds. The fourth-order valence-electron chi connectivity index (χ4n) is 2.30. The third-order valence-corrected chi connectivity index (χ3v) is 3.57. The van der Waals surface area contributed by atoms with Gasteiger partial charge in [-0.3, -0.25) is 14.4 Å². The first kappa shape index (κ1) is 16.1. The standard InChI is InChI=1S/C15H16F2N2O3/c1-19-8-10(13(20)15(19)22)14(21)18-6-2-3-9-4-5-11(16)12(17)7-9/h4-5,7,10H,2-3,6,8H2,1H3,(H,18,21). The molecule has 5 nitrogen and oxygen atoms in total. The molecule has 0 aliphatic carbocycles. The number of amides is 2. The first-order valence-corrected chi connectivity index (χ1v) is 6.91. The number of Topliss-reactive ketones (excluding diaryl/α,β-unsaturated/α-hetero) is 1. The molecule has 1 aromatic rings. The fourth-order valence-corrected chi connectivity index (χ4v) is 2.30. The van der Waals surface area contributed by atoms with E-state index in [-0.39, 0.29) is 6.54 Å². The van der Waals surface area contributed by atoms with Crippen LogP contribution in [0, 0.1) is 17.6 Å². The summed E-state index contributed by atoms with van der Waals surface area (Å²) in [4.78, 5) is 35.9. The van der Waals surface area contributed by atoms with Crippen LogP contribution in [0.3, 0.4) is 0 Å². The predicted octanol–water partition coefficient (Wildman–Crippen LogP) is 0.671. The van der Waals surface area contributed by atoms with Crippen molar-refractivity contribution in [3.8, 4) is 0 Å². The molecule has 1 heterocycles. The van der Waals surface area contributed by atoms with Gasteiger partial charge in [-0.15, -0.1) is 0 Å². The third kappa shape index (κ3) is 3.47. The Morgan fingerprint density at radius 3 is 2.64 bits per heavy atom. The van der Waals surface area contributed by atoms with Gasteiger partial charge in [0.25, 0.3) is 5.91 Å². The molecule has 1 saturated heterocycles. The monoisotopic (exact) mass is 310 g/mol. The van der Waals surface area contributed by atoms with E-state index in [1.54, 1.807) is 0 Å². The van der Waals surface area contributed by atoms with Gasteiger partial charge in [-0.2, -0.15) is 0 Å². The van der Waals surface area contributed by atoms with E-state index in [9.17, 15) is 23.2 Å². The topological polar surface area (TPSA) is 66.5 Å². The smallest absolute Gasteiger partial charge is 0.290 e. The third-order valence-electron chi connectivity index (χ3n) is 3.57. The van der Waals surface area contributed by atoms with E-state index in [1.807, 2.05) is 0 Å². The van der Waals surface area contributed by atoms with Gasteiger partial charge in [0.1, 0.15) is 5.92 Å². The Morgan fingerprint density at radius 1 is 1.32 bits per heavy atom. The molecule has 0 aromatic heterocycles. The van der Waals surface area contributed by atoms with Crippen molar-refractivity contribution in [2.45, 2.75) is 12.8 Å². The number of likely N-dealkylation sites (tertiary alicyclic amines) is 1. The maximum atomic E-state index is 13.0. The van der Waals surface area contributed by atoms with Gasteiger partial charge in [-0.1, -0.05) is 6.07 Å². The van der Waals surface area contributed by atoms with Gasteiger partial charge in [0.2, 0.25) is 11.7 Å². The number of nitrogens with one attached hydrogen (secondary N) is 1. The molecular formula is C15H16F2N2O3. The molecule has 118 valence electrons. The van der Waals surface area contributed by atoms with E-state index >= 15 is 0 Å². The lowest BCUT2D eigenvalue weighted by atomic mass is 10.1. The summed E-state index contributed by atoms with van der Waals surface area (Å²) in [5.41, 5.74) is 0.625. The highest BCUT2D eigenvalue weighted by molar-refractivity contribution is 6.42. The largest absolute Gasteiger partial charge is 0.355 e. The predicted molar refractivity (Wildman–Crippen MR) is 73.8 cm³/mol. The molecule has 0 bridgehead atoms. The number of carbonyl (C=O) groups is 3. The Labute approximate surface area is 126 Å². The number of aryl methyl sites for hydroxylation is 1. The molecule has 1 aliphatic rings. The molecule has 7 heteroatoms. The number of nitrogens with zero attached hydrogens (tertiary/aromatic N) is 1. The molecule has 1 N–H and O–H groups in total. The fraction of sp³-hybridized carbons (Fsp3) is 0.400. The minimum absolute atomic E-state index is 0.0900. The van der Waals surface area contributed by atoms with Crippen LogP contribution in [0.4, 0.5) is 8.78 Å². The normalized spacial score (nSPS) is 18.0. The zero-order valence-corrected chi connectivity index (χ0v) is 12.1. The van der Waals surface area contributed by atoms with Crippen molar-refractivity contribution in [3.05, 3.63) is 35.4 Å². The highest BCUT2D eigenvalue weighted by Gasteiger charge is 2.41. The van der Waals surface area contributed by atoms with Crippen LogP contribution in [0.2, 0.25) is 0 Å². The first-order chi connectivity index (χ1) is 10.4. The second-order valence-electron chi connectivity index (χ2n) is 5.25. The van der Waals surface area contributed by atoms with Gasteiger partial charge in [0, 0.05) is 20.1 Å². The van der Waals surface area contributed by atoms with E-state index < -0.39 is 35.1 Å². The molecule has 1 atom stereocenters. The van der Waals surface area contributed by atoms with Crippen molar-refractivity contribution >= 4 is 17.6 Å². The van der Waals surface area contributed by atoms with Crippen LogP contribution in [0.15, 0.2) is 18.2 Å². The van der Waals surface area contributed by atoms with E-state index in [0.29, 0.717) is 24.9 Å². The molecule has 0 spiro atoms. The van der Waals surface area contributed by atoms with Crippen LogP contribution < -0.4 is 5.32 Å². The second kappa shape index (κ2) is 6.64. The average Bonchev–Trinajstić information content (AvgIpc) is 2.74. The molecule has 0 saturated carbocycles. The van der Waals surface area contributed by atoms with Gasteiger partial charge in [0.15, 0.2) is 11.6 Å². The van der Waals surface area contributed by atoms with Crippen molar-refractivity contribution < 1.29 is 23.2 Å². The zero-order valence-electron chi connectivity index (χ0n) is 12.1. The van der Waals surface area contributed by atoms with Crippen molar-refractivity contribution in [1.82, 2.24) is 10.2 Å². The summed E-state index contributed by atoms with van der Waals surface area (Å²) in [5, 5.41) is 2.59. The van der Waals surface area contributed by atoms with E-state index in [4.69, 9.17) is 0 Å². The maximum Gasteiger partial charge on any atom is 0.290 e. The lowest BCUT2D eigenvalue weighted by molar-refractivity contribution is -0.142. The highest BCUT2D eigenvalue weighted by atomic mass is 19.2. The van der Waals surface area contributed by atoms with Gasteiger partial charge in [-0.05, 0) is 30.5 Å². The summed E-state index contributed by atoms with van der Waals surface area (Å²) in [6.45, 7) is 0.381. The first-order valence-electron chi connectivity index (χ1n) is 6.91. The van der Waals surface area contributed by atoms with Gasteiger partial charge < -0.3 is 10.2 Å². The summed E-state index contributed by atoms with van der Waals surface area (Å²) < 4.78 is 25.8. The Kier molecular flexibility index (Phi) is 4.85. The van der Waals surface area contributed by atoms with E-state index in [1.165, 1.54) is 18.0 Å². The molecule has 1 aliphatic heterocycles. The molecular weight excluding hydrogens is 294 g/mol. The van der Waals surface area contributed by atoms with Crippen molar-refractivity contribution in [2.75, 3.05) is 20.1 Å². The molecule has 2 rings (SSSR count). The zero-order chi connectivity index (χ0) is 16.3. The van der Waals surface area contributed by atoms with Gasteiger partial charge in [0.05, 0.1) is 0 Å². The Balaban J connectivity index is 1.77. The Hall–Kier alpha value is -2.31. The number of halogens is 2. The quantitative estimate of drug-likeness (QED) is 0.494. The number of hydrogen-bond donors (Lipinski definition) is 1. The number of carbonyl (C=O) groups excluding carboxylic acids is 3. The molecule has 1 aromatic carbocycles. The molecule has 0 radical (unpaired) electrons. The minimum atomic E-state index is -0.958. The van der Waals surface area contributed by atoms with E-state index in [0.717, 1.165) is 12.1 Å². The van der Waals surface area contributed by atoms with Crippen LogP contribution in [0.5, 0.6) is 0 Å². The Bertz CT molecular complexity index is 619. The minimum Gasteiger partial charge on any atom is -0.355 e. The number of likely N-dealkylation sites (N-methyl/N-ethyl adjacent to an activating group) is 1. The molecule has 1 unspecified atom stereocenters. The van der Waals surface area contributed by atoms with Crippen molar-refractivity contribution in [3.63, 3.8) is 0 Å². The summed E-state index contributed by atoms with van der Waals surface area (Å²) in [6.07, 6.45) is 0.983. The van der Waals surface area contributed by atoms with Crippen LogP contribution in [-0.2, 0) is 20.8 Å². The summed E-state index contributed by atoms with van der Waals surface area (Å²) in [6, 6.07) is 3.65. The van der Waals surface area contributed by atoms with Gasteiger partial charge >= 0.3 is 0 Å². The van der Waals surface area contributed by atoms with Crippen molar-refractivity contribution in [1.29, 1.82) is 0 Å². The van der Waals surface area contributed by atoms with Crippen LogP contribution in [0.25, 0.3) is 0 Å². The second-order valence-corrected chi connectivity index (χ2v) is 5.25. The summed E-state index contributed by atoms with van der Waals surface area (Å²) >= 11 is 0. The van der Waals surface area contributed by atoms with E-state index in [2.05, 4.69) is 5.32 Å². The number of hydrogen-bond acceptors (Lipinski definition) is 3. The molecule has 22 heavy (non-hydrogen) atoms. The van der Waals surface area contributed by atoms with Gasteiger partial charge in [-0.25, -0.2) is 8.78 Å². The number of rotatable bonds is 5. The summed E-state index contributed by atoms with van der Waals surface area (Å²) in [5.74, 6) is -4.58. The lowest BCUT2D eigenvalue weighted by Gasteiger charge is -2.10. The van der Waals surface area contributed by atoms with Crippen molar-refractivity contribution in [2.24, 2.45) is 5.92 Å². The average molecular weight is 310 g/mol. The molecule has 1 fully saturated rings. The van der Waals surface area contributed by atoms with Crippen LogP contribution >= 0.6 is 0 Å². The highest BCUT2D eigenvalue weighted by Crippen LogP contribution is 2.13. The number of ketones is 1. The van der Waals surface area contributed by atoms with Crippen LogP contribution in [-0.4, -0.2) is 42.6 Å². The SMILES string of the molecule is CN1CC(C(=O)NCCCc2ccc(F)c(F)c2)C(=O)C1=O. The number of benzene rings is 1. The lowest BCUT2D eigenvalue weighted by Crippen LogP contribution is -2.36. The summed E-state index contributed by atoms with van der Waals surface area (Å²) in [7, 11) is 1.47. The Morgan fingerprint density at radius 2 is 2.05 bits per heavy atom. The maximum absolute atomic E-state index is 13.0. The van der Waals surface area contributed by atoms with Crippen LogP contribution in [0.1, 0.15) is 12.0 Å².